The van der Waals surface area contributed by atoms with E-state index in [1.165, 1.54) is 153 Å². The van der Waals surface area contributed by atoms with Crippen molar-refractivity contribution in [3.05, 3.63) is 120 Å². The lowest BCUT2D eigenvalue weighted by Crippen LogP contribution is -2.54. The molecule has 4 aromatic carbocycles. The van der Waals surface area contributed by atoms with Crippen molar-refractivity contribution in [3.63, 3.8) is 0 Å². The number of anilines is 3. The van der Waals surface area contributed by atoms with E-state index in [1.54, 1.807) is 21.7 Å². The zero-order valence-electron chi connectivity index (χ0n) is 49.0. The van der Waals surface area contributed by atoms with E-state index in [0.29, 0.717) is 18.8 Å². The molecule has 82 heavy (non-hydrogen) atoms. The lowest BCUT2D eigenvalue weighted by atomic mass is 10.1. The third-order valence-corrected chi connectivity index (χ3v) is 25.7. The van der Waals surface area contributed by atoms with Gasteiger partial charge in [-0.3, -0.25) is 0 Å². The predicted octanol–water partition coefficient (Wildman–Crippen LogP) is 20.3. The first-order valence-corrected chi connectivity index (χ1v) is 35.7. The Hall–Kier alpha value is -6.10. The van der Waals surface area contributed by atoms with Gasteiger partial charge in [0.15, 0.2) is 11.5 Å². The molecule has 3 aromatic heterocycles. The highest BCUT2D eigenvalue weighted by molar-refractivity contribution is 7.33. The van der Waals surface area contributed by atoms with E-state index in [4.69, 9.17) is 18.9 Å². The van der Waals surface area contributed by atoms with Gasteiger partial charge in [-0.05, 0) is 131 Å². The summed E-state index contributed by atoms with van der Waals surface area (Å²) in [6.45, 7) is 11.6. The Labute approximate surface area is 501 Å². The van der Waals surface area contributed by atoms with Crippen LogP contribution in [-0.4, -0.2) is 45.6 Å². The quantitative estimate of drug-likeness (QED) is 0.0184. The smallest absolute Gasteiger partial charge is 0.346 e. The number of nitriles is 1. The molecule has 0 radical (unpaired) electrons. The number of benzene rings is 4. The summed E-state index contributed by atoms with van der Waals surface area (Å²) in [5.74, 6) is 2.26. The van der Waals surface area contributed by atoms with Crippen LogP contribution in [0.15, 0.2) is 115 Å². The number of hydrogen-bond acceptors (Lipinski definition) is 10. The van der Waals surface area contributed by atoms with Crippen LogP contribution in [0.1, 0.15) is 162 Å². The van der Waals surface area contributed by atoms with Crippen LogP contribution in [0.4, 0.5) is 17.1 Å². The molecule has 0 spiro atoms. The van der Waals surface area contributed by atoms with Crippen molar-refractivity contribution in [1.29, 1.82) is 5.26 Å². The van der Waals surface area contributed by atoms with Gasteiger partial charge in [0.25, 0.3) is 0 Å². The SMILES string of the molecule is CCCCCCCCOc1ccc(N(c2ccc(OCCCCCCCC)cc2)c2ccc(-c3sc(-c4cc5c(s4)-c4sc(-c6ccc(/C=C(/C#N)C(=O)O)cc6)cc4[Si]5(CCCCCC)CCCCCC)c4c3OCCO4)cc2)cc1. The molecule has 12 heteroatoms. The number of rotatable bonds is 34. The number of unbranched alkanes of at least 4 members (excludes halogenated alkanes) is 16. The molecule has 0 atom stereocenters. The standard InChI is InChI=1S/C70H84N2O6S3Si/c1-5-9-13-17-19-21-41-75-58-37-33-56(34-38-58)72(57-35-39-59(40-36-57)76-42-22-20-18-14-10-6-2)55-31-29-53(30-32-55)66-64-65(78-44-43-77-64)67(81-66)61-49-63-69(80-61)68-62(82(63,45-23-15-11-7-3)46-24-16-12-8-4)48-60(79-68)52-27-25-51(26-28-52)47-54(50-71)70(73)74/h25-40,47-49H,5-24,41-46H2,1-4H3,(H,73,74)/b54-47-. The molecular formula is C70H84N2O6S3Si. The molecule has 9 rings (SSSR count). The second-order valence-electron chi connectivity index (χ2n) is 22.2. The molecule has 0 unspecified atom stereocenters. The molecule has 0 saturated heterocycles. The van der Waals surface area contributed by atoms with Gasteiger partial charge in [0.2, 0.25) is 0 Å². The number of aliphatic carboxylic acids is 1. The maximum atomic E-state index is 11.6. The fourth-order valence-corrected chi connectivity index (χ4v) is 22.4. The minimum absolute atomic E-state index is 0.272. The van der Waals surface area contributed by atoms with Crippen LogP contribution >= 0.6 is 34.0 Å². The first kappa shape index (κ1) is 60.5. The van der Waals surface area contributed by atoms with Crippen LogP contribution in [0.25, 0.3) is 46.5 Å². The van der Waals surface area contributed by atoms with Crippen molar-refractivity contribution >= 4 is 81.6 Å². The zero-order chi connectivity index (χ0) is 57.1. The summed E-state index contributed by atoms with van der Waals surface area (Å²) in [6.07, 6.45) is 26.2. The highest BCUT2D eigenvalue weighted by Gasteiger charge is 2.48. The summed E-state index contributed by atoms with van der Waals surface area (Å²) in [5, 5.41) is 22.1. The highest BCUT2D eigenvalue weighted by Crippen LogP contribution is 2.57. The number of carboxylic acids is 1. The number of hydrogen-bond donors (Lipinski definition) is 1. The third-order valence-electron chi connectivity index (χ3n) is 16.2. The van der Waals surface area contributed by atoms with Crippen molar-refractivity contribution in [2.75, 3.05) is 31.3 Å². The molecule has 2 aliphatic rings. The van der Waals surface area contributed by atoms with Crippen LogP contribution in [0.3, 0.4) is 0 Å². The van der Waals surface area contributed by atoms with Crippen molar-refractivity contribution in [1.82, 2.24) is 0 Å². The summed E-state index contributed by atoms with van der Waals surface area (Å²) >= 11 is 5.63. The average molecular weight is 1170 g/mol. The number of carboxylic acid groups (broad SMARTS) is 1. The number of thiophene rings is 3. The topological polar surface area (TPSA) is 101 Å². The number of nitrogens with zero attached hydrogens (tertiary/aromatic N) is 2. The molecule has 0 fully saturated rings. The summed E-state index contributed by atoms with van der Waals surface area (Å²) in [5.41, 5.74) is 5.78. The number of fused-ring (bicyclic) bond motifs is 4. The van der Waals surface area contributed by atoms with Gasteiger partial charge in [0.1, 0.15) is 44.4 Å². The predicted molar refractivity (Wildman–Crippen MR) is 349 cm³/mol. The molecule has 1 N–H and O–H groups in total. The van der Waals surface area contributed by atoms with Gasteiger partial charge in [0.05, 0.1) is 23.0 Å². The summed E-state index contributed by atoms with van der Waals surface area (Å²) in [7, 11) is -2.22. The lowest BCUT2D eigenvalue weighted by molar-refractivity contribution is -0.132. The summed E-state index contributed by atoms with van der Waals surface area (Å²) < 4.78 is 25.8. The minimum atomic E-state index is -2.22. The Morgan fingerprint density at radius 2 is 0.963 bits per heavy atom. The van der Waals surface area contributed by atoms with E-state index in [1.807, 2.05) is 40.9 Å². The van der Waals surface area contributed by atoms with E-state index in [-0.39, 0.29) is 5.57 Å². The summed E-state index contributed by atoms with van der Waals surface area (Å²) in [4.78, 5) is 21.5. The molecule has 0 amide bonds. The van der Waals surface area contributed by atoms with Gasteiger partial charge in [-0.15, -0.1) is 34.0 Å². The molecule has 432 valence electrons. The Bertz CT molecular complexity index is 3130. The largest absolute Gasteiger partial charge is 0.494 e. The normalized spacial score (nSPS) is 13.2. The maximum Gasteiger partial charge on any atom is 0.346 e. The lowest BCUT2D eigenvalue weighted by Gasteiger charge is -2.29. The van der Waals surface area contributed by atoms with Gasteiger partial charge in [0, 0.05) is 36.6 Å². The van der Waals surface area contributed by atoms with Crippen LogP contribution in [0.5, 0.6) is 23.0 Å². The Kier molecular flexibility index (Phi) is 22.5. The van der Waals surface area contributed by atoms with Crippen molar-refractivity contribution < 1.29 is 28.8 Å². The minimum Gasteiger partial charge on any atom is -0.494 e. The zero-order valence-corrected chi connectivity index (χ0v) is 52.4. The van der Waals surface area contributed by atoms with Crippen molar-refractivity contribution in [3.8, 4) is 69.5 Å². The van der Waals surface area contributed by atoms with E-state index in [2.05, 4.69) is 130 Å². The Morgan fingerprint density at radius 1 is 0.537 bits per heavy atom. The highest BCUT2D eigenvalue weighted by atomic mass is 32.1. The molecule has 0 saturated carbocycles. The molecule has 8 nitrogen and oxygen atoms in total. The van der Waals surface area contributed by atoms with E-state index in [0.717, 1.165) is 87.0 Å². The second kappa shape index (κ2) is 30.4. The molecular weight excluding hydrogens is 1090 g/mol. The van der Waals surface area contributed by atoms with E-state index < -0.39 is 14.0 Å². The second-order valence-corrected chi connectivity index (χ2v) is 29.6. The molecule has 5 heterocycles. The first-order valence-electron chi connectivity index (χ1n) is 30.8. The average Bonchev–Trinajstić information content (AvgIpc) is 2.75. The molecule has 7 aromatic rings. The Morgan fingerprint density at radius 3 is 1.45 bits per heavy atom. The Balaban J connectivity index is 1.03. The fraction of sp³-hybridized carbons (Fsp3) is 0.429. The molecule has 0 bridgehead atoms. The van der Waals surface area contributed by atoms with E-state index in [9.17, 15) is 15.2 Å². The van der Waals surface area contributed by atoms with Gasteiger partial charge in [-0.2, -0.15) is 5.26 Å². The molecule has 0 aliphatic carbocycles. The molecule has 2 aliphatic heterocycles. The van der Waals surface area contributed by atoms with Crippen LogP contribution in [0.2, 0.25) is 12.1 Å². The van der Waals surface area contributed by atoms with Gasteiger partial charge < -0.3 is 29.0 Å². The van der Waals surface area contributed by atoms with E-state index >= 15 is 0 Å². The van der Waals surface area contributed by atoms with Crippen molar-refractivity contribution in [2.45, 2.75) is 168 Å². The van der Waals surface area contributed by atoms with Crippen LogP contribution < -0.4 is 34.2 Å². The van der Waals surface area contributed by atoms with Gasteiger partial charge in [-0.25, -0.2) is 4.79 Å². The summed E-state index contributed by atoms with van der Waals surface area (Å²) in [6, 6.07) is 43.4. The first-order chi connectivity index (χ1) is 40.3. The monoisotopic (exact) mass is 1170 g/mol. The van der Waals surface area contributed by atoms with Crippen LogP contribution in [-0.2, 0) is 4.79 Å². The van der Waals surface area contributed by atoms with Crippen molar-refractivity contribution in [2.24, 2.45) is 0 Å². The number of carbonyl (C=O) groups is 1. The van der Waals surface area contributed by atoms with Gasteiger partial charge in [-0.1, -0.05) is 180 Å². The van der Waals surface area contributed by atoms with Gasteiger partial charge >= 0.3 is 5.97 Å². The number of ether oxygens (including phenoxy) is 4. The van der Waals surface area contributed by atoms with Crippen LogP contribution in [0, 0.1) is 11.3 Å². The maximum absolute atomic E-state index is 11.6. The fourth-order valence-electron chi connectivity index (χ4n) is 11.7. The third kappa shape index (κ3) is 14.8.